The first kappa shape index (κ1) is 18.5. The zero-order valence-electron chi connectivity index (χ0n) is 14.6. The second kappa shape index (κ2) is 8.85. The molecular formula is C18H25ClN4O. The van der Waals surface area contributed by atoms with Crippen LogP contribution in [0.4, 0.5) is 0 Å². The summed E-state index contributed by atoms with van der Waals surface area (Å²) in [6.45, 7) is 10.0. The van der Waals surface area contributed by atoms with Crippen LogP contribution in [-0.4, -0.2) is 52.1 Å². The Kier molecular flexibility index (Phi) is 6.82. The van der Waals surface area contributed by atoms with E-state index in [1.165, 1.54) is 0 Å². The van der Waals surface area contributed by atoms with Crippen LogP contribution in [0, 0.1) is 6.92 Å². The largest absolute Gasteiger partial charge is 0.332 e. The first-order chi connectivity index (χ1) is 11.5. The summed E-state index contributed by atoms with van der Waals surface area (Å²) in [5.41, 5.74) is 2.27. The van der Waals surface area contributed by atoms with E-state index < -0.39 is 0 Å². The molecule has 0 bridgehead atoms. The number of amides is 1. The van der Waals surface area contributed by atoms with Crippen molar-refractivity contribution >= 4 is 17.5 Å². The zero-order valence-corrected chi connectivity index (χ0v) is 15.3. The Balaban J connectivity index is 2.17. The number of aryl methyl sites for hydroxylation is 1. The average molecular weight is 349 g/mol. The van der Waals surface area contributed by atoms with Crippen molar-refractivity contribution in [2.45, 2.75) is 27.3 Å². The number of H-pyrrole nitrogens is 1. The molecule has 130 valence electrons. The van der Waals surface area contributed by atoms with Gasteiger partial charge in [0.25, 0.3) is 5.91 Å². The third-order valence-corrected chi connectivity index (χ3v) is 4.49. The summed E-state index contributed by atoms with van der Waals surface area (Å²) in [5.74, 6) is -0.0531. The van der Waals surface area contributed by atoms with E-state index in [1.807, 2.05) is 36.1 Å². The van der Waals surface area contributed by atoms with Crippen LogP contribution in [0.15, 0.2) is 30.3 Å². The fraction of sp³-hybridized carbons (Fsp3) is 0.444. The number of aromatic nitrogens is 2. The molecule has 1 aromatic carbocycles. The standard InChI is InChI=1S/C18H25ClN4O/c1-4-22(5-2)10-11-23(13-15-8-6-7-9-16(15)19)18(24)17-12-14(3)20-21-17/h6-9,12H,4-5,10-11,13H2,1-3H3,(H,20,21). The van der Waals surface area contributed by atoms with E-state index >= 15 is 0 Å². The molecule has 0 fully saturated rings. The van der Waals surface area contributed by atoms with E-state index in [0.717, 1.165) is 30.9 Å². The van der Waals surface area contributed by atoms with Crippen LogP contribution >= 0.6 is 11.6 Å². The van der Waals surface area contributed by atoms with Gasteiger partial charge in [-0.1, -0.05) is 43.6 Å². The summed E-state index contributed by atoms with van der Waals surface area (Å²) in [6.07, 6.45) is 0. The maximum atomic E-state index is 12.9. The summed E-state index contributed by atoms with van der Waals surface area (Å²) in [4.78, 5) is 17.0. The van der Waals surface area contributed by atoms with Gasteiger partial charge in [-0.25, -0.2) is 0 Å². The molecular weight excluding hydrogens is 324 g/mol. The van der Waals surface area contributed by atoms with Crippen LogP contribution in [0.1, 0.15) is 35.6 Å². The average Bonchev–Trinajstić information content (AvgIpc) is 3.02. The number of hydrogen-bond donors (Lipinski definition) is 1. The van der Waals surface area contributed by atoms with Crippen molar-refractivity contribution < 1.29 is 4.79 Å². The highest BCUT2D eigenvalue weighted by Gasteiger charge is 2.19. The normalized spacial score (nSPS) is 11.0. The summed E-state index contributed by atoms with van der Waals surface area (Å²) < 4.78 is 0. The summed E-state index contributed by atoms with van der Waals surface area (Å²) >= 11 is 6.27. The Hall–Kier alpha value is -1.85. The lowest BCUT2D eigenvalue weighted by Crippen LogP contribution is -2.38. The van der Waals surface area contributed by atoms with Crippen molar-refractivity contribution in [2.75, 3.05) is 26.2 Å². The van der Waals surface area contributed by atoms with Gasteiger partial charge in [-0.05, 0) is 37.7 Å². The number of halogens is 1. The lowest BCUT2D eigenvalue weighted by atomic mass is 10.2. The number of nitrogens with zero attached hydrogens (tertiary/aromatic N) is 3. The lowest BCUT2D eigenvalue weighted by molar-refractivity contribution is 0.0718. The Bertz CT molecular complexity index is 667. The number of hydrogen-bond acceptors (Lipinski definition) is 3. The molecule has 0 atom stereocenters. The maximum absolute atomic E-state index is 12.9. The molecule has 0 spiro atoms. The Morgan fingerprint density at radius 2 is 1.92 bits per heavy atom. The van der Waals surface area contributed by atoms with Gasteiger partial charge in [0.2, 0.25) is 0 Å². The van der Waals surface area contributed by atoms with Gasteiger partial charge in [0.15, 0.2) is 0 Å². The van der Waals surface area contributed by atoms with Gasteiger partial charge in [-0.15, -0.1) is 0 Å². The Morgan fingerprint density at radius 3 is 2.50 bits per heavy atom. The first-order valence-electron chi connectivity index (χ1n) is 8.32. The maximum Gasteiger partial charge on any atom is 0.272 e. The van der Waals surface area contributed by atoms with Crippen LogP contribution in [0.2, 0.25) is 5.02 Å². The smallest absolute Gasteiger partial charge is 0.272 e. The fourth-order valence-electron chi connectivity index (χ4n) is 2.59. The highest BCUT2D eigenvalue weighted by molar-refractivity contribution is 6.31. The lowest BCUT2D eigenvalue weighted by Gasteiger charge is -2.26. The molecule has 0 aliphatic rings. The minimum atomic E-state index is -0.0531. The predicted molar refractivity (Wildman–Crippen MR) is 97.3 cm³/mol. The zero-order chi connectivity index (χ0) is 17.5. The Morgan fingerprint density at radius 1 is 1.21 bits per heavy atom. The van der Waals surface area contributed by atoms with E-state index in [4.69, 9.17) is 11.6 Å². The number of nitrogens with one attached hydrogen (secondary N) is 1. The van der Waals surface area contributed by atoms with E-state index in [0.29, 0.717) is 23.8 Å². The third-order valence-electron chi connectivity index (χ3n) is 4.12. The number of carbonyl (C=O) groups is 1. The fourth-order valence-corrected chi connectivity index (χ4v) is 2.78. The molecule has 0 radical (unpaired) electrons. The molecule has 1 heterocycles. The highest BCUT2D eigenvalue weighted by Crippen LogP contribution is 2.18. The van der Waals surface area contributed by atoms with Crippen molar-refractivity contribution in [1.29, 1.82) is 0 Å². The molecule has 0 saturated heterocycles. The monoisotopic (exact) mass is 348 g/mol. The molecule has 1 amide bonds. The molecule has 6 heteroatoms. The minimum absolute atomic E-state index is 0.0531. The number of aromatic amines is 1. The molecule has 0 saturated carbocycles. The molecule has 1 N–H and O–H groups in total. The molecule has 0 unspecified atom stereocenters. The molecule has 2 aromatic rings. The first-order valence-corrected chi connectivity index (χ1v) is 8.70. The SMILES string of the molecule is CCN(CC)CCN(Cc1ccccc1Cl)C(=O)c1cc(C)n[nH]1. The quantitative estimate of drug-likeness (QED) is 0.795. The van der Waals surface area contributed by atoms with Crippen LogP contribution in [0.25, 0.3) is 0 Å². The second-order valence-corrected chi connectivity index (χ2v) is 6.18. The van der Waals surface area contributed by atoms with Gasteiger partial charge in [-0.3, -0.25) is 9.89 Å². The molecule has 0 aliphatic heterocycles. The topological polar surface area (TPSA) is 52.2 Å². The minimum Gasteiger partial charge on any atom is -0.332 e. The number of benzene rings is 1. The van der Waals surface area contributed by atoms with Crippen LogP contribution in [0.3, 0.4) is 0 Å². The molecule has 24 heavy (non-hydrogen) atoms. The van der Waals surface area contributed by atoms with Gasteiger partial charge >= 0.3 is 0 Å². The van der Waals surface area contributed by atoms with Crippen LogP contribution in [-0.2, 0) is 6.54 Å². The summed E-state index contributed by atoms with van der Waals surface area (Å²) in [6, 6.07) is 9.42. The van der Waals surface area contributed by atoms with Crippen molar-refractivity contribution in [3.8, 4) is 0 Å². The number of rotatable bonds is 8. The van der Waals surface area contributed by atoms with Crippen LogP contribution < -0.4 is 0 Å². The van der Waals surface area contributed by atoms with Crippen LogP contribution in [0.5, 0.6) is 0 Å². The molecule has 5 nitrogen and oxygen atoms in total. The highest BCUT2D eigenvalue weighted by atomic mass is 35.5. The predicted octanol–water partition coefficient (Wildman–Crippen LogP) is 3.36. The third kappa shape index (κ3) is 4.82. The van der Waals surface area contributed by atoms with Crippen molar-refractivity contribution in [2.24, 2.45) is 0 Å². The van der Waals surface area contributed by atoms with Gasteiger partial charge in [0, 0.05) is 24.7 Å². The van der Waals surface area contributed by atoms with Crippen molar-refractivity contribution in [3.63, 3.8) is 0 Å². The van der Waals surface area contributed by atoms with Gasteiger partial charge < -0.3 is 9.80 Å². The number of likely N-dealkylation sites (N-methyl/N-ethyl adjacent to an activating group) is 1. The van der Waals surface area contributed by atoms with Crippen molar-refractivity contribution in [3.05, 3.63) is 52.3 Å². The van der Waals surface area contributed by atoms with Gasteiger partial charge in [0.05, 0.1) is 5.69 Å². The van der Waals surface area contributed by atoms with E-state index in [9.17, 15) is 4.79 Å². The molecule has 1 aromatic heterocycles. The van der Waals surface area contributed by atoms with Gasteiger partial charge in [-0.2, -0.15) is 5.10 Å². The van der Waals surface area contributed by atoms with E-state index in [1.54, 1.807) is 6.07 Å². The Labute approximate surface area is 148 Å². The van der Waals surface area contributed by atoms with E-state index in [-0.39, 0.29) is 5.91 Å². The molecule has 2 rings (SSSR count). The number of carbonyl (C=O) groups excluding carboxylic acids is 1. The second-order valence-electron chi connectivity index (χ2n) is 5.77. The summed E-state index contributed by atoms with van der Waals surface area (Å²) in [7, 11) is 0. The van der Waals surface area contributed by atoms with Gasteiger partial charge in [0.1, 0.15) is 5.69 Å². The van der Waals surface area contributed by atoms with E-state index in [2.05, 4.69) is 28.9 Å². The molecule has 0 aliphatic carbocycles. The summed E-state index contributed by atoms with van der Waals surface area (Å²) in [5, 5.41) is 7.56. The van der Waals surface area contributed by atoms with Crippen molar-refractivity contribution in [1.82, 2.24) is 20.0 Å².